The molecule has 2 heterocycles. The molecule has 0 saturated heterocycles. The minimum absolute atomic E-state index is 0.580. The number of aromatic nitrogens is 1. The van der Waals surface area contributed by atoms with E-state index in [0.29, 0.717) is 5.82 Å². The van der Waals surface area contributed by atoms with Crippen molar-refractivity contribution in [2.45, 2.75) is 12.8 Å². The van der Waals surface area contributed by atoms with Gasteiger partial charge in [-0.05, 0) is 36.1 Å². The van der Waals surface area contributed by atoms with E-state index in [4.69, 9.17) is 5.73 Å². The van der Waals surface area contributed by atoms with E-state index in [1.165, 1.54) is 11.1 Å². The van der Waals surface area contributed by atoms with Gasteiger partial charge >= 0.3 is 0 Å². The van der Waals surface area contributed by atoms with E-state index >= 15 is 0 Å². The molecule has 1 aliphatic heterocycles. The molecule has 0 unspecified atom stereocenters. The van der Waals surface area contributed by atoms with Crippen LogP contribution in [0.1, 0.15) is 11.1 Å². The number of nitrogens with zero attached hydrogens (tertiary/aromatic N) is 2. The van der Waals surface area contributed by atoms with Gasteiger partial charge in [0.2, 0.25) is 0 Å². The van der Waals surface area contributed by atoms with Crippen molar-refractivity contribution in [3.63, 3.8) is 0 Å². The molecular formula is C15H17N3. The van der Waals surface area contributed by atoms with Crippen LogP contribution in [0, 0.1) is 0 Å². The zero-order chi connectivity index (χ0) is 12.4. The number of anilines is 2. The summed E-state index contributed by atoms with van der Waals surface area (Å²) in [7, 11) is 0. The zero-order valence-electron chi connectivity index (χ0n) is 10.3. The number of hydrogen-bond donors (Lipinski definition) is 1. The lowest BCUT2D eigenvalue weighted by molar-refractivity contribution is 0.803. The van der Waals surface area contributed by atoms with Gasteiger partial charge in [-0.1, -0.05) is 24.3 Å². The first-order chi connectivity index (χ1) is 8.83. The van der Waals surface area contributed by atoms with Crippen LogP contribution in [0.5, 0.6) is 0 Å². The highest BCUT2D eigenvalue weighted by Crippen LogP contribution is 2.20. The Hall–Kier alpha value is -2.03. The number of nitrogen functional groups attached to an aromatic ring is 1. The predicted octanol–water partition coefficient (Wildman–Crippen LogP) is 2.27. The molecule has 0 spiro atoms. The number of fused-ring (bicyclic) bond motifs is 1. The first-order valence-corrected chi connectivity index (χ1v) is 6.36. The van der Waals surface area contributed by atoms with Crippen LogP contribution >= 0.6 is 0 Å². The fraction of sp³-hybridized carbons (Fsp3) is 0.267. The topological polar surface area (TPSA) is 42.1 Å². The van der Waals surface area contributed by atoms with Crippen molar-refractivity contribution in [3.8, 4) is 0 Å². The van der Waals surface area contributed by atoms with Crippen LogP contribution in [-0.2, 0) is 12.8 Å². The van der Waals surface area contributed by atoms with Gasteiger partial charge in [0.05, 0.1) is 11.9 Å². The molecule has 0 saturated carbocycles. The highest BCUT2D eigenvalue weighted by molar-refractivity contribution is 5.49. The standard InChI is InChI=1S/C15H17N3/c16-15-6-5-14(11-17-15)18-9-7-12-3-1-2-4-13(12)8-10-18/h1-6,11H,7-10H2,(H2,16,17). The summed E-state index contributed by atoms with van der Waals surface area (Å²) in [5, 5.41) is 0. The Bertz CT molecular complexity index is 507. The smallest absolute Gasteiger partial charge is 0.123 e. The van der Waals surface area contributed by atoms with Gasteiger partial charge in [0.25, 0.3) is 0 Å². The first-order valence-electron chi connectivity index (χ1n) is 6.36. The van der Waals surface area contributed by atoms with Crippen LogP contribution in [0.3, 0.4) is 0 Å². The maximum atomic E-state index is 5.63. The predicted molar refractivity (Wildman–Crippen MR) is 74.7 cm³/mol. The Morgan fingerprint density at radius 3 is 2.17 bits per heavy atom. The van der Waals surface area contributed by atoms with E-state index in [0.717, 1.165) is 31.6 Å². The second-order valence-corrected chi connectivity index (χ2v) is 4.70. The van der Waals surface area contributed by atoms with Crippen molar-refractivity contribution in [3.05, 3.63) is 53.7 Å². The van der Waals surface area contributed by atoms with Crippen LogP contribution in [0.2, 0.25) is 0 Å². The Morgan fingerprint density at radius 1 is 0.944 bits per heavy atom. The quantitative estimate of drug-likeness (QED) is 0.830. The fourth-order valence-corrected chi connectivity index (χ4v) is 2.51. The molecule has 2 N–H and O–H groups in total. The molecule has 0 atom stereocenters. The molecule has 0 fully saturated rings. The second kappa shape index (κ2) is 4.69. The Balaban J connectivity index is 1.80. The van der Waals surface area contributed by atoms with Crippen molar-refractivity contribution in [1.29, 1.82) is 0 Å². The van der Waals surface area contributed by atoms with Crippen LogP contribution < -0.4 is 10.6 Å². The molecule has 18 heavy (non-hydrogen) atoms. The molecule has 0 amide bonds. The third kappa shape index (κ3) is 2.16. The van der Waals surface area contributed by atoms with E-state index in [1.807, 2.05) is 12.3 Å². The van der Waals surface area contributed by atoms with Crippen LogP contribution in [0.15, 0.2) is 42.6 Å². The van der Waals surface area contributed by atoms with E-state index in [2.05, 4.69) is 40.2 Å². The number of pyridine rings is 1. The summed E-state index contributed by atoms with van der Waals surface area (Å²) < 4.78 is 0. The highest BCUT2D eigenvalue weighted by Gasteiger charge is 2.13. The van der Waals surface area contributed by atoms with Gasteiger partial charge in [-0.3, -0.25) is 0 Å². The van der Waals surface area contributed by atoms with Crippen molar-refractivity contribution in [1.82, 2.24) is 4.98 Å². The molecule has 3 nitrogen and oxygen atoms in total. The van der Waals surface area contributed by atoms with Gasteiger partial charge in [0.15, 0.2) is 0 Å². The van der Waals surface area contributed by atoms with E-state index < -0.39 is 0 Å². The Labute approximate surface area is 107 Å². The largest absolute Gasteiger partial charge is 0.384 e. The molecule has 1 aliphatic rings. The summed E-state index contributed by atoms with van der Waals surface area (Å²) >= 11 is 0. The molecule has 3 rings (SSSR count). The third-order valence-corrected chi connectivity index (χ3v) is 3.56. The summed E-state index contributed by atoms with van der Waals surface area (Å²) in [5.41, 5.74) is 9.74. The lowest BCUT2D eigenvalue weighted by Crippen LogP contribution is -2.26. The normalized spacial score (nSPS) is 15.0. The summed E-state index contributed by atoms with van der Waals surface area (Å²) in [6.45, 7) is 2.09. The average Bonchev–Trinajstić information content (AvgIpc) is 2.62. The summed E-state index contributed by atoms with van der Waals surface area (Å²) in [5.74, 6) is 0.580. The maximum absolute atomic E-state index is 5.63. The van der Waals surface area contributed by atoms with Crippen LogP contribution in [0.25, 0.3) is 0 Å². The molecule has 1 aromatic carbocycles. The minimum Gasteiger partial charge on any atom is -0.384 e. The number of hydrogen-bond acceptors (Lipinski definition) is 3. The molecule has 2 aromatic rings. The molecule has 0 radical (unpaired) electrons. The van der Waals surface area contributed by atoms with Crippen LogP contribution in [-0.4, -0.2) is 18.1 Å². The van der Waals surface area contributed by atoms with E-state index in [9.17, 15) is 0 Å². The second-order valence-electron chi connectivity index (χ2n) is 4.70. The number of nitrogens with two attached hydrogens (primary N) is 1. The third-order valence-electron chi connectivity index (χ3n) is 3.56. The van der Waals surface area contributed by atoms with Crippen molar-refractivity contribution >= 4 is 11.5 Å². The lowest BCUT2D eigenvalue weighted by Gasteiger charge is -2.22. The summed E-state index contributed by atoms with van der Waals surface area (Å²) in [6, 6.07) is 12.6. The lowest BCUT2D eigenvalue weighted by atomic mass is 10.0. The first kappa shape index (κ1) is 11.1. The van der Waals surface area contributed by atoms with Crippen molar-refractivity contribution in [2.24, 2.45) is 0 Å². The number of rotatable bonds is 1. The zero-order valence-corrected chi connectivity index (χ0v) is 10.3. The van der Waals surface area contributed by atoms with Gasteiger partial charge in [-0.2, -0.15) is 0 Å². The van der Waals surface area contributed by atoms with Gasteiger partial charge < -0.3 is 10.6 Å². The highest BCUT2D eigenvalue weighted by atomic mass is 15.1. The minimum atomic E-state index is 0.580. The van der Waals surface area contributed by atoms with E-state index in [1.54, 1.807) is 0 Å². The molecule has 92 valence electrons. The van der Waals surface area contributed by atoms with Crippen LogP contribution in [0.4, 0.5) is 11.5 Å². The van der Waals surface area contributed by atoms with E-state index in [-0.39, 0.29) is 0 Å². The van der Waals surface area contributed by atoms with Crippen molar-refractivity contribution < 1.29 is 0 Å². The van der Waals surface area contributed by atoms with Gasteiger partial charge in [0, 0.05) is 13.1 Å². The molecule has 0 bridgehead atoms. The molecule has 3 heteroatoms. The molecular weight excluding hydrogens is 222 g/mol. The van der Waals surface area contributed by atoms with Gasteiger partial charge in [0.1, 0.15) is 5.82 Å². The maximum Gasteiger partial charge on any atom is 0.123 e. The summed E-state index contributed by atoms with van der Waals surface area (Å²) in [4.78, 5) is 6.55. The average molecular weight is 239 g/mol. The van der Waals surface area contributed by atoms with Gasteiger partial charge in [-0.25, -0.2) is 4.98 Å². The monoisotopic (exact) mass is 239 g/mol. The SMILES string of the molecule is Nc1ccc(N2CCc3ccccc3CC2)cn1. The Morgan fingerprint density at radius 2 is 1.61 bits per heavy atom. The summed E-state index contributed by atoms with van der Waals surface area (Å²) in [6.07, 6.45) is 4.06. The molecule has 1 aromatic heterocycles. The molecule has 0 aliphatic carbocycles. The van der Waals surface area contributed by atoms with Gasteiger partial charge in [-0.15, -0.1) is 0 Å². The fourth-order valence-electron chi connectivity index (χ4n) is 2.51. The Kier molecular flexibility index (Phi) is 2.89. The van der Waals surface area contributed by atoms with Crippen molar-refractivity contribution in [2.75, 3.05) is 23.7 Å². The number of benzene rings is 1.